The lowest BCUT2D eigenvalue weighted by Crippen LogP contribution is -2.41. The van der Waals surface area contributed by atoms with E-state index in [9.17, 15) is 15.0 Å². The molecule has 2 aromatic heterocycles. The van der Waals surface area contributed by atoms with Gasteiger partial charge >= 0.3 is 5.97 Å². The lowest BCUT2D eigenvalue weighted by molar-refractivity contribution is -0.139. The van der Waals surface area contributed by atoms with Crippen LogP contribution >= 0.6 is 0 Å². The fourth-order valence-corrected chi connectivity index (χ4v) is 5.39. The van der Waals surface area contributed by atoms with Crippen LogP contribution in [0.25, 0.3) is 10.9 Å². The third-order valence-corrected chi connectivity index (χ3v) is 7.35. The van der Waals surface area contributed by atoms with Crippen LogP contribution in [0.15, 0.2) is 48.8 Å². The first-order valence-electron chi connectivity index (χ1n) is 12.8. The van der Waals surface area contributed by atoms with Crippen molar-refractivity contribution >= 4 is 16.9 Å². The summed E-state index contributed by atoms with van der Waals surface area (Å²) in [6.07, 6.45) is 8.31. The maximum Gasteiger partial charge on any atom is 0.303 e. The molecule has 3 aromatic rings. The number of nitrogens with zero attached hydrogens (tertiary/aromatic N) is 4. The van der Waals surface area contributed by atoms with Crippen molar-refractivity contribution in [2.45, 2.75) is 51.0 Å². The fraction of sp³-hybridized carbons (Fsp3) is 0.500. The van der Waals surface area contributed by atoms with Gasteiger partial charge in [0.2, 0.25) is 0 Å². The number of rotatable bonds is 12. The number of unbranched alkanes of at least 4 members (excludes halogenated alkanes) is 1. The number of carboxylic acid groups (broad SMARTS) is 1. The Bertz CT molecular complexity index is 1130. The summed E-state index contributed by atoms with van der Waals surface area (Å²) in [5, 5.41) is 29.6. The van der Waals surface area contributed by atoms with E-state index in [1.54, 1.807) is 19.5 Å². The van der Waals surface area contributed by atoms with Gasteiger partial charge in [-0.25, -0.2) is 0 Å². The van der Waals surface area contributed by atoms with Gasteiger partial charge in [-0.05, 0) is 105 Å². The molecule has 1 aliphatic rings. The normalized spacial score (nSPS) is 19.3. The van der Waals surface area contributed by atoms with E-state index in [-0.39, 0.29) is 18.3 Å². The third kappa shape index (κ3) is 6.98. The minimum atomic E-state index is -0.748. The SMILES string of the molecule is COc1ccc2nccc([C@@H](O)CC[C@@H]3CCN(CCCCc4cccnn4)C[C@@H]3CC(=O)O)c2c1. The van der Waals surface area contributed by atoms with Crippen LogP contribution in [0, 0.1) is 11.8 Å². The number of aryl methyl sites for hydroxylation is 1. The molecule has 0 unspecified atom stereocenters. The van der Waals surface area contributed by atoms with Crippen LogP contribution in [0.3, 0.4) is 0 Å². The zero-order valence-corrected chi connectivity index (χ0v) is 20.9. The largest absolute Gasteiger partial charge is 0.497 e. The number of carbonyl (C=O) groups is 1. The minimum Gasteiger partial charge on any atom is -0.497 e. The number of fused-ring (bicyclic) bond motifs is 1. The molecular formula is C28H36N4O4. The highest BCUT2D eigenvalue weighted by Crippen LogP contribution is 2.34. The van der Waals surface area contributed by atoms with E-state index < -0.39 is 12.1 Å². The van der Waals surface area contributed by atoms with Gasteiger partial charge in [-0.1, -0.05) is 0 Å². The minimum absolute atomic E-state index is 0.0951. The number of benzene rings is 1. The molecule has 192 valence electrons. The molecule has 1 aliphatic heterocycles. The van der Waals surface area contributed by atoms with Gasteiger partial charge in [-0.15, -0.1) is 0 Å². The number of aromatic nitrogens is 3. The van der Waals surface area contributed by atoms with Crippen LogP contribution in [0.4, 0.5) is 0 Å². The van der Waals surface area contributed by atoms with Crippen LogP contribution in [0.2, 0.25) is 0 Å². The number of ether oxygens (including phenoxy) is 1. The molecule has 0 amide bonds. The second kappa shape index (κ2) is 12.7. The fourth-order valence-electron chi connectivity index (χ4n) is 5.39. The highest BCUT2D eigenvalue weighted by atomic mass is 16.5. The molecule has 0 radical (unpaired) electrons. The van der Waals surface area contributed by atoms with E-state index in [2.05, 4.69) is 20.1 Å². The molecule has 1 saturated heterocycles. The second-order valence-corrected chi connectivity index (χ2v) is 9.76. The molecule has 8 heteroatoms. The Morgan fingerprint density at radius 3 is 2.86 bits per heavy atom. The number of methoxy groups -OCH3 is 1. The number of hydrogen-bond donors (Lipinski definition) is 2. The molecule has 2 N–H and O–H groups in total. The van der Waals surface area contributed by atoms with Crippen molar-refractivity contribution in [1.29, 1.82) is 0 Å². The Labute approximate surface area is 212 Å². The second-order valence-electron chi connectivity index (χ2n) is 9.76. The average molecular weight is 493 g/mol. The van der Waals surface area contributed by atoms with Crippen molar-refractivity contribution in [2.75, 3.05) is 26.7 Å². The first-order chi connectivity index (χ1) is 17.5. The molecule has 0 spiro atoms. The molecule has 0 saturated carbocycles. The number of hydrogen-bond acceptors (Lipinski definition) is 7. The quantitative estimate of drug-likeness (QED) is 0.361. The zero-order valence-electron chi connectivity index (χ0n) is 20.9. The van der Waals surface area contributed by atoms with Gasteiger partial charge in [0.05, 0.1) is 24.4 Å². The van der Waals surface area contributed by atoms with E-state index in [1.165, 1.54) is 0 Å². The summed E-state index contributed by atoms with van der Waals surface area (Å²) in [4.78, 5) is 18.4. The summed E-state index contributed by atoms with van der Waals surface area (Å²) < 4.78 is 5.36. The Morgan fingerprint density at radius 2 is 2.08 bits per heavy atom. The number of aliphatic carboxylic acids is 1. The van der Waals surface area contributed by atoms with E-state index >= 15 is 0 Å². The van der Waals surface area contributed by atoms with Gasteiger partial charge in [0.15, 0.2) is 0 Å². The average Bonchev–Trinajstić information content (AvgIpc) is 2.90. The summed E-state index contributed by atoms with van der Waals surface area (Å²) in [7, 11) is 1.63. The zero-order chi connectivity index (χ0) is 25.3. The lowest BCUT2D eigenvalue weighted by Gasteiger charge is -2.38. The monoisotopic (exact) mass is 492 g/mol. The number of aliphatic hydroxyl groups is 1. The van der Waals surface area contributed by atoms with Crippen LogP contribution in [0.1, 0.15) is 55.9 Å². The van der Waals surface area contributed by atoms with Crippen molar-refractivity contribution in [1.82, 2.24) is 20.1 Å². The Kier molecular flexibility index (Phi) is 9.19. The molecular weight excluding hydrogens is 456 g/mol. The maximum absolute atomic E-state index is 11.6. The molecule has 0 aliphatic carbocycles. The Hall–Kier alpha value is -3.10. The van der Waals surface area contributed by atoms with Crippen LogP contribution in [-0.2, 0) is 11.2 Å². The number of piperidine rings is 1. The van der Waals surface area contributed by atoms with Gasteiger partial charge in [-0.3, -0.25) is 9.78 Å². The summed E-state index contributed by atoms with van der Waals surface area (Å²) in [6, 6.07) is 11.5. The van der Waals surface area contributed by atoms with Crippen LogP contribution in [-0.4, -0.2) is 63.0 Å². The first-order valence-corrected chi connectivity index (χ1v) is 12.8. The molecule has 0 bridgehead atoms. The first kappa shape index (κ1) is 26.0. The summed E-state index contributed by atoms with van der Waals surface area (Å²) in [6.45, 7) is 2.74. The van der Waals surface area contributed by atoms with Gasteiger partial charge in [0.1, 0.15) is 5.75 Å². The topological polar surface area (TPSA) is 109 Å². The molecule has 1 fully saturated rings. The van der Waals surface area contributed by atoms with Crippen LogP contribution < -0.4 is 4.74 Å². The summed E-state index contributed by atoms with van der Waals surface area (Å²) in [5.74, 6) is 0.365. The van der Waals surface area contributed by atoms with Gasteiger partial charge < -0.3 is 19.8 Å². The molecule has 8 nitrogen and oxygen atoms in total. The van der Waals surface area contributed by atoms with Crippen molar-refractivity contribution in [3.63, 3.8) is 0 Å². The van der Waals surface area contributed by atoms with Crippen molar-refractivity contribution in [3.8, 4) is 5.75 Å². The van der Waals surface area contributed by atoms with Gasteiger partial charge in [0, 0.05) is 30.7 Å². The number of likely N-dealkylation sites (tertiary alicyclic amines) is 1. The maximum atomic E-state index is 11.6. The number of carboxylic acids is 1. The standard InChI is InChI=1S/C28H36N4O4/c1-36-23-8-9-26-25(18-23)24(11-14-29-26)27(33)10-7-20-12-16-32(19-21(20)17-28(34)35)15-3-2-5-22-6-4-13-30-31-22/h4,6,8-9,11,13-14,18,20-21,27,33H,2-3,5,7,10,12,15-17,19H2,1H3,(H,34,35)/t20-,21+,27+/m1/s1. The van der Waals surface area contributed by atoms with E-state index in [4.69, 9.17) is 4.74 Å². The number of pyridine rings is 1. The van der Waals surface area contributed by atoms with E-state index in [1.807, 2.05) is 36.4 Å². The smallest absolute Gasteiger partial charge is 0.303 e. The van der Waals surface area contributed by atoms with E-state index in [0.717, 1.165) is 79.6 Å². The summed E-state index contributed by atoms with van der Waals surface area (Å²) >= 11 is 0. The van der Waals surface area contributed by atoms with Gasteiger partial charge in [-0.2, -0.15) is 10.2 Å². The summed E-state index contributed by atoms with van der Waals surface area (Å²) in [5.41, 5.74) is 2.68. The molecule has 36 heavy (non-hydrogen) atoms. The molecule has 3 atom stereocenters. The molecule has 1 aromatic carbocycles. The Morgan fingerprint density at radius 1 is 1.19 bits per heavy atom. The number of aliphatic hydroxyl groups excluding tert-OH is 1. The van der Waals surface area contributed by atoms with E-state index in [0.29, 0.717) is 6.42 Å². The molecule has 4 rings (SSSR count). The van der Waals surface area contributed by atoms with Gasteiger partial charge in [0.25, 0.3) is 0 Å². The predicted octanol–water partition coefficient (Wildman–Crippen LogP) is 4.28. The highest BCUT2D eigenvalue weighted by molar-refractivity contribution is 5.83. The van der Waals surface area contributed by atoms with Crippen molar-refractivity contribution in [3.05, 3.63) is 60.0 Å². The highest BCUT2D eigenvalue weighted by Gasteiger charge is 2.31. The predicted molar refractivity (Wildman–Crippen MR) is 138 cm³/mol. The lowest BCUT2D eigenvalue weighted by atomic mass is 9.79. The van der Waals surface area contributed by atoms with Crippen LogP contribution in [0.5, 0.6) is 5.75 Å². The van der Waals surface area contributed by atoms with Crippen molar-refractivity contribution < 1.29 is 19.7 Å². The van der Waals surface area contributed by atoms with Crippen molar-refractivity contribution in [2.24, 2.45) is 11.8 Å². The Balaban J connectivity index is 1.31. The third-order valence-electron chi connectivity index (χ3n) is 7.35. The molecule has 3 heterocycles.